The molecule has 0 saturated carbocycles. The maximum absolute atomic E-state index is 13.9. The predicted molar refractivity (Wildman–Crippen MR) is 113 cm³/mol. The number of para-hydroxylation sites is 1. The number of anilines is 2. The Balaban J connectivity index is 1.68. The highest BCUT2D eigenvalue weighted by Crippen LogP contribution is 2.35. The lowest BCUT2D eigenvalue weighted by atomic mass is 10.1. The van der Waals surface area contributed by atoms with Gasteiger partial charge in [0.2, 0.25) is 10.0 Å². The fraction of sp³-hybridized carbons (Fsp3) is 0.238. The Morgan fingerprint density at radius 3 is 2.53 bits per heavy atom. The molecule has 1 aliphatic rings. The first-order valence-electron chi connectivity index (χ1n) is 9.71. The minimum Gasteiger partial charge on any atom is -0.322 e. The van der Waals surface area contributed by atoms with Crippen LogP contribution in [0.1, 0.15) is 28.0 Å². The average Bonchev–Trinajstić information content (AvgIpc) is 3.31. The summed E-state index contributed by atoms with van der Waals surface area (Å²) in [5.74, 6) is -0.977. The Hall–Kier alpha value is -3.34. The molecule has 0 atom stereocenters. The van der Waals surface area contributed by atoms with Crippen LogP contribution in [0, 0.1) is 6.92 Å². The second kappa shape index (κ2) is 7.97. The van der Waals surface area contributed by atoms with Gasteiger partial charge in [0.15, 0.2) is 5.69 Å². The zero-order chi connectivity index (χ0) is 23.1. The summed E-state index contributed by atoms with van der Waals surface area (Å²) in [5.41, 5.74) is -0.548. The van der Waals surface area contributed by atoms with Crippen LogP contribution in [0.4, 0.5) is 24.5 Å². The van der Waals surface area contributed by atoms with Crippen molar-refractivity contribution in [3.63, 3.8) is 0 Å². The molecule has 0 aliphatic carbocycles. The van der Waals surface area contributed by atoms with Crippen molar-refractivity contribution >= 4 is 27.3 Å². The number of aromatic nitrogens is 2. The molecule has 3 aromatic rings. The molecule has 0 unspecified atom stereocenters. The maximum atomic E-state index is 13.9. The van der Waals surface area contributed by atoms with Crippen LogP contribution >= 0.6 is 0 Å². The largest absolute Gasteiger partial charge is 0.434 e. The van der Waals surface area contributed by atoms with Crippen LogP contribution in [0.15, 0.2) is 54.7 Å². The molecule has 2 aromatic carbocycles. The van der Waals surface area contributed by atoms with E-state index in [9.17, 15) is 26.4 Å². The minimum absolute atomic E-state index is 0.0244. The molecule has 1 saturated heterocycles. The van der Waals surface area contributed by atoms with E-state index in [0.717, 1.165) is 6.20 Å². The first-order valence-corrected chi connectivity index (χ1v) is 11.3. The lowest BCUT2D eigenvalue weighted by Crippen LogP contribution is -2.25. The van der Waals surface area contributed by atoms with Gasteiger partial charge in [0.25, 0.3) is 5.91 Å². The van der Waals surface area contributed by atoms with E-state index in [1.807, 2.05) is 0 Å². The van der Waals surface area contributed by atoms with E-state index in [2.05, 4.69) is 10.4 Å². The van der Waals surface area contributed by atoms with E-state index in [4.69, 9.17) is 0 Å². The molecule has 1 N–H and O–H groups in total. The van der Waals surface area contributed by atoms with Gasteiger partial charge in [-0.3, -0.25) is 9.10 Å². The predicted octanol–water partition coefficient (Wildman–Crippen LogP) is 3.99. The van der Waals surface area contributed by atoms with Crippen LogP contribution in [0.25, 0.3) is 5.69 Å². The number of alkyl halides is 3. The normalized spacial score (nSPS) is 15.7. The summed E-state index contributed by atoms with van der Waals surface area (Å²) in [6.45, 7) is 1.95. The van der Waals surface area contributed by atoms with Crippen molar-refractivity contribution in [2.24, 2.45) is 0 Å². The van der Waals surface area contributed by atoms with Gasteiger partial charge in [-0.15, -0.1) is 0 Å². The van der Waals surface area contributed by atoms with Crippen molar-refractivity contribution in [3.8, 4) is 5.69 Å². The third-order valence-corrected chi connectivity index (χ3v) is 6.99. The lowest BCUT2D eigenvalue weighted by molar-refractivity contribution is -0.143. The quantitative estimate of drug-likeness (QED) is 0.633. The van der Waals surface area contributed by atoms with Crippen LogP contribution in [0.2, 0.25) is 0 Å². The van der Waals surface area contributed by atoms with Gasteiger partial charge in [-0.1, -0.05) is 24.3 Å². The summed E-state index contributed by atoms with van der Waals surface area (Å²) < 4.78 is 67.9. The molecule has 4 rings (SSSR count). The molecular formula is C21H19F3N4O3S. The Morgan fingerprint density at radius 1 is 1.12 bits per heavy atom. The summed E-state index contributed by atoms with van der Waals surface area (Å²) in [5, 5.41) is 6.25. The Bertz CT molecular complexity index is 1290. The zero-order valence-corrected chi connectivity index (χ0v) is 17.7. The molecule has 32 heavy (non-hydrogen) atoms. The van der Waals surface area contributed by atoms with Crippen molar-refractivity contribution in [2.45, 2.75) is 19.5 Å². The molecule has 1 fully saturated rings. The van der Waals surface area contributed by atoms with Crippen molar-refractivity contribution < 1.29 is 26.4 Å². The van der Waals surface area contributed by atoms with Crippen LogP contribution in [0.5, 0.6) is 0 Å². The molecule has 1 aromatic heterocycles. The summed E-state index contributed by atoms with van der Waals surface area (Å²) in [6.07, 6.45) is -3.48. The van der Waals surface area contributed by atoms with E-state index in [-0.39, 0.29) is 17.1 Å². The van der Waals surface area contributed by atoms with Crippen LogP contribution < -0.4 is 9.62 Å². The highest BCUT2D eigenvalue weighted by atomic mass is 32.2. The number of rotatable bonds is 4. The van der Waals surface area contributed by atoms with Crippen LogP contribution in [0.3, 0.4) is 0 Å². The molecule has 0 radical (unpaired) electrons. The average molecular weight is 464 g/mol. The first-order chi connectivity index (χ1) is 15.1. The highest BCUT2D eigenvalue weighted by Gasteiger charge is 2.41. The van der Waals surface area contributed by atoms with E-state index < -0.39 is 33.4 Å². The monoisotopic (exact) mass is 464 g/mol. The Kier molecular flexibility index (Phi) is 5.45. The number of halogens is 3. The van der Waals surface area contributed by atoms with Crippen molar-refractivity contribution in [2.75, 3.05) is 21.9 Å². The number of nitrogens with one attached hydrogen (secondary N) is 1. The van der Waals surface area contributed by atoms with E-state index >= 15 is 0 Å². The smallest absolute Gasteiger partial charge is 0.322 e. The van der Waals surface area contributed by atoms with E-state index in [0.29, 0.717) is 28.9 Å². The second-order valence-electron chi connectivity index (χ2n) is 7.35. The zero-order valence-electron chi connectivity index (χ0n) is 16.9. The van der Waals surface area contributed by atoms with Crippen molar-refractivity contribution in [1.82, 2.24) is 9.78 Å². The highest BCUT2D eigenvalue weighted by molar-refractivity contribution is 7.93. The number of carbonyl (C=O) groups excluding carboxylic acids is 1. The molecule has 7 nitrogen and oxygen atoms in total. The van der Waals surface area contributed by atoms with E-state index in [1.165, 1.54) is 28.6 Å². The summed E-state index contributed by atoms with van der Waals surface area (Å²) in [7, 11) is -3.44. The molecule has 0 spiro atoms. The number of benzene rings is 2. The molecule has 1 aliphatic heterocycles. The van der Waals surface area contributed by atoms with Crippen LogP contribution in [-0.4, -0.2) is 36.4 Å². The lowest BCUT2D eigenvalue weighted by Gasteiger charge is -2.18. The summed E-state index contributed by atoms with van der Waals surface area (Å²) in [4.78, 5) is 12.8. The summed E-state index contributed by atoms with van der Waals surface area (Å²) in [6, 6.07) is 12.4. The number of hydrogen-bond acceptors (Lipinski definition) is 4. The standard InChI is InChI=1S/C21H19F3N4O3S/c1-14-6-2-3-9-18(14)28-19(21(22,23)24)17(13-25-28)20(29)26-15-7-4-8-16(12-15)27-10-5-11-32(27,30)31/h2-4,6-9,12-13H,5,10-11H2,1H3,(H,26,29). The van der Waals surface area contributed by atoms with Gasteiger partial charge < -0.3 is 5.32 Å². The molecule has 1 amide bonds. The van der Waals surface area contributed by atoms with Crippen molar-refractivity contribution in [1.29, 1.82) is 0 Å². The van der Waals surface area contributed by atoms with Crippen LogP contribution in [-0.2, 0) is 16.2 Å². The van der Waals surface area contributed by atoms with Gasteiger partial charge in [-0.25, -0.2) is 13.1 Å². The molecular weight excluding hydrogens is 445 g/mol. The number of carbonyl (C=O) groups is 1. The molecule has 2 heterocycles. The van der Waals surface area contributed by atoms with Gasteiger partial charge in [0, 0.05) is 12.2 Å². The topological polar surface area (TPSA) is 84.3 Å². The Morgan fingerprint density at radius 2 is 1.88 bits per heavy atom. The molecule has 11 heteroatoms. The number of nitrogens with zero attached hydrogens (tertiary/aromatic N) is 3. The minimum atomic E-state index is -4.84. The van der Waals surface area contributed by atoms with Crippen molar-refractivity contribution in [3.05, 3.63) is 71.5 Å². The number of hydrogen-bond donors (Lipinski definition) is 1. The van der Waals surface area contributed by atoms with E-state index in [1.54, 1.807) is 31.2 Å². The SMILES string of the molecule is Cc1ccccc1-n1ncc(C(=O)Nc2cccc(N3CCCS3(=O)=O)c2)c1C(F)(F)F. The molecule has 0 bridgehead atoms. The Labute approximate surface area is 182 Å². The summed E-state index contributed by atoms with van der Waals surface area (Å²) >= 11 is 0. The number of aryl methyl sites for hydroxylation is 1. The van der Waals surface area contributed by atoms with Gasteiger partial charge in [-0.2, -0.15) is 18.3 Å². The number of amides is 1. The third-order valence-electron chi connectivity index (χ3n) is 5.12. The van der Waals surface area contributed by atoms with Gasteiger partial charge >= 0.3 is 6.18 Å². The van der Waals surface area contributed by atoms with Gasteiger partial charge in [0.05, 0.1) is 28.9 Å². The fourth-order valence-electron chi connectivity index (χ4n) is 3.64. The fourth-order valence-corrected chi connectivity index (χ4v) is 5.19. The third kappa shape index (κ3) is 4.07. The first kappa shape index (κ1) is 21.9. The second-order valence-corrected chi connectivity index (χ2v) is 9.36. The van der Waals surface area contributed by atoms with Gasteiger partial charge in [0.1, 0.15) is 0 Å². The number of sulfonamides is 1. The molecule has 168 valence electrons. The van der Waals surface area contributed by atoms with Gasteiger partial charge in [-0.05, 0) is 43.2 Å². The maximum Gasteiger partial charge on any atom is 0.434 e.